The quantitative estimate of drug-likeness (QED) is 0.905. The van der Waals surface area contributed by atoms with E-state index in [2.05, 4.69) is 31.3 Å². The molecule has 82 valence electrons. The van der Waals surface area contributed by atoms with Gasteiger partial charge in [-0.25, -0.2) is 9.67 Å². The van der Waals surface area contributed by atoms with Crippen LogP contribution in [0.25, 0.3) is 5.82 Å². The molecule has 1 N–H and O–H groups in total. The zero-order chi connectivity index (χ0) is 11.5. The Morgan fingerprint density at radius 1 is 1.50 bits per heavy atom. The summed E-state index contributed by atoms with van der Waals surface area (Å²) in [5.41, 5.74) is 0.361. The maximum Gasteiger partial charge on any atom is 0.271 e. The first kappa shape index (κ1) is 10.8. The van der Waals surface area contributed by atoms with E-state index < -0.39 is 0 Å². The summed E-state index contributed by atoms with van der Waals surface area (Å²) in [5, 5.41) is 6.64. The van der Waals surface area contributed by atoms with E-state index in [1.165, 1.54) is 0 Å². The van der Waals surface area contributed by atoms with E-state index in [4.69, 9.17) is 0 Å². The lowest BCUT2D eigenvalue weighted by Gasteiger charge is -2.01. The first-order valence-electron chi connectivity index (χ1n) is 4.61. The van der Waals surface area contributed by atoms with Gasteiger partial charge in [0, 0.05) is 19.4 Å². The lowest BCUT2D eigenvalue weighted by Crippen LogP contribution is -2.18. The molecule has 2 heterocycles. The first-order valence-corrected chi connectivity index (χ1v) is 5.40. The van der Waals surface area contributed by atoms with Crippen LogP contribution in [-0.2, 0) is 0 Å². The monoisotopic (exact) mass is 280 g/mol. The molecule has 0 aromatic carbocycles. The summed E-state index contributed by atoms with van der Waals surface area (Å²) in [6.07, 6.45) is 3.36. The summed E-state index contributed by atoms with van der Waals surface area (Å²) < 4.78 is 2.37. The summed E-state index contributed by atoms with van der Waals surface area (Å²) in [5.74, 6) is 0.434. The van der Waals surface area contributed by atoms with E-state index in [1.807, 2.05) is 12.1 Å². The van der Waals surface area contributed by atoms with Crippen LogP contribution < -0.4 is 5.32 Å². The zero-order valence-corrected chi connectivity index (χ0v) is 10.1. The average Bonchev–Trinajstić information content (AvgIpc) is 2.78. The second kappa shape index (κ2) is 4.44. The van der Waals surface area contributed by atoms with Gasteiger partial charge in [0.25, 0.3) is 5.91 Å². The molecule has 2 aromatic heterocycles. The van der Waals surface area contributed by atoms with E-state index in [-0.39, 0.29) is 5.91 Å². The minimum Gasteiger partial charge on any atom is -0.354 e. The Balaban J connectivity index is 2.39. The maximum atomic E-state index is 11.3. The summed E-state index contributed by atoms with van der Waals surface area (Å²) in [4.78, 5) is 15.5. The molecule has 1 amide bonds. The molecule has 0 aliphatic heterocycles. The van der Waals surface area contributed by atoms with Crippen molar-refractivity contribution >= 4 is 21.8 Å². The Hall–Kier alpha value is -1.69. The smallest absolute Gasteiger partial charge is 0.271 e. The normalized spacial score (nSPS) is 10.1. The van der Waals surface area contributed by atoms with Gasteiger partial charge in [-0.05, 0) is 34.1 Å². The van der Waals surface area contributed by atoms with E-state index in [1.54, 1.807) is 30.2 Å². The van der Waals surface area contributed by atoms with Crippen LogP contribution in [0.3, 0.4) is 0 Å². The number of rotatable bonds is 2. The van der Waals surface area contributed by atoms with Gasteiger partial charge in [-0.3, -0.25) is 4.79 Å². The maximum absolute atomic E-state index is 11.3. The van der Waals surface area contributed by atoms with Crippen molar-refractivity contribution in [1.82, 2.24) is 20.1 Å². The van der Waals surface area contributed by atoms with E-state index in [9.17, 15) is 4.79 Å². The second-order valence-corrected chi connectivity index (χ2v) is 3.89. The number of hydrogen-bond acceptors (Lipinski definition) is 3. The minimum atomic E-state index is -0.217. The summed E-state index contributed by atoms with van der Waals surface area (Å²) in [6, 6.07) is 5.32. The lowest BCUT2D eigenvalue weighted by molar-refractivity contribution is 0.0957. The zero-order valence-electron chi connectivity index (χ0n) is 8.51. The molecule has 0 spiro atoms. The molecule has 0 fully saturated rings. The topological polar surface area (TPSA) is 59.8 Å². The van der Waals surface area contributed by atoms with E-state index >= 15 is 0 Å². The van der Waals surface area contributed by atoms with Gasteiger partial charge in [0.15, 0.2) is 11.5 Å². The van der Waals surface area contributed by atoms with Gasteiger partial charge in [0.1, 0.15) is 0 Å². The molecular formula is C10H9BrN4O. The Morgan fingerprint density at radius 3 is 3.00 bits per heavy atom. The average molecular weight is 281 g/mol. The number of carbonyl (C=O) groups is 1. The fourth-order valence-corrected chi connectivity index (χ4v) is 1.67. The minimum absolute atomic E-state index is 0.217. The van der Waals surface area contributed by atoms with Crippen LogP contribution in [0.2, 0.25) is 0 Å². The van der Waals surface area contributed by atoms with Crippen molar-refractivity contribution in [3.8, 4) is 5.82 Å². The van der Waals surface area contributed by atoms with Crippen LogP contribution in [0.15, 0.2) is 35.1 Å². The standard InChI is InChI=1S/C10H9BrN4O/c1-12-10(16)8-4-6-15(14-8)9-7(11)3-2-5-13-9/h2-6H,1H3,(H,12,16). The third-order valence-corrected chi connectivity index (χ3v) is 2.62. The van der Waals surface area contributed by atoms with Crippen molar-refractivity contribution in [3.05, 3.63) is 40.8 Å². The fourth-order valence-electron chi connectivity index (χ4n) is 1.24. The molecule has 0 aliphatic rings. The fraction of sp³-hybridized carbons (Fsp3) is 0.100. The molecule has 2 rings (SSSR count). The molecule has 0 atom stereocenters. The van der Waals surface area contributed by atoms with Crippen molar-refractivity contribution < 1.29 is 4.79 Å². The van der Waals surface area contributed by atoms with Gasteiger partial charge in [0.2, 0.25) is 0 Å². The van der Waals surface area contributed by atoms with Crippen LogP contribution in [0.5, 0.6) is 0 Å². The molecular weight excluding hydrogens is 272 g/mol. The Labute approximate surface area is 101 Å². The van der Waals surface area contributed by atoms with Gasteiger partial charge < -0.3 is 5.32 Å². The van der Waals surface area contributed by atoms with Gasteiger partial charge in [0.05, 0.1) is 4.47 Å². The van der Waals surface area contributed by atoms with Crippen molar-refractivity contribution in [1.29, 1.82) is 0 Å². The van der Waals surface area contributed by atoms with Gasteiger partial charge in [-0.1, -0.05) is 0 Å². The van der Waals surface area contributed by atoms with E-state index in [0.29, 0.717) is 11.5 Å². The van der Waals surface area contributed by atoms with Crippen molar-refractivity contribution in [2.24, 2.45) is 0 Å². The molecule has 6 heteroatoms. The molecule has 0 radical (unpaired) electrons. The largest absolute Gasteiger partial charge is 0.354 e. The number of amides is 1. The predicted octanol–water partition coefficient (Wildman–Crippen LogP) is 1.39. The predicted molar refractivity (Wildman–Crippen MR) is 62.4 cm³/mol. The van der Waals surface area contributed by atoms with Crippen molar-refractivity contribution in [2.45, 2.75) is 0 Å². The third kappa shape index (κ3) is 1.96. The molecule has 0 unspecified atom stereocenters. The van der Waals surface area contributed by atoms with Crippen molar-refractivity contribution in [2.75, 3.05) is 7.05 Å². The highest BCUT2D eigenvalue weighted by atomic mass is 79.9. The van der Waals surface area contributed by atoms with Crippen molar-refractivity contribution in [3.63, 3.8) is 0 Å². The van der Waals surface area contributed by atoms with Gasteiger partial charge in [-0.15, -0.1) is 0 Å². The van der Waals surface area contributed by atoms with Crippen LogP contribution in [-0.4, -0.2) is 27.7 Å². The highest BCUT2D eigenvalue weighted by molar-refractivity contribution is 9.10. The molecule has 0 saturated carbocycles. The lowest BCUT2D eigenvalue weighted by atomic mass is 10.4. The summed E-state index contributed by atoms with van der Waals surface area (Å²) >= 11 is 3.37. The first-order chi connectivity index (χ1) is 7.72. The van der Waals surface area contributed by atoms with E-state index in [0.717, 1.165) is 4.47 Å². The SMILES string of the molecule is CNC(=O)c1ccn(-c2ncccc2Br)n1. The molecule has 16 heavy (non-hydrogen) atoms. The summed E-state index contributed by atoms with van der Waals surface area (Å²) in [6.45, 7) is 0. The number of halogens is 1. The number of nitrogens with zero attached hydrogens (tertiary/aromatic N) is 3. The number of aromatic nitrogens is 3. The molecule has 0 saturated heterocycles. The van der Waals surface area contributed by atoms with Gasteiger partial charge in [-0.2, -0.15) is 5.10 Å². The Kier molecular flexibility index (Phi) is 3.00. The highest BCUT2D eigenvalue weighted by Crippen LogP contribution is 2.17. The highest BCUT2D eigenvalue weighted by Gasteiger charge is 2.09. The number of pyridine rings is 1. The number of nitrogens with one attached hydrogen (secondary N) is 1. The Morgan fingerprint density at radius 2 is 2.31 bits per heavy atom. The number of carbonyl (C=O) groups excluding carboxylic acids is 1. The van der Waals surface area contributed by atoms with Crippen LogP contribution in [0.4, 0.5) is 0 Å². The molecule has 0 aliphatic carbocycles. The Bertz CT molecular complexity index is 523. The molecule has 5 nitrogen and oxygen atoms in total. The second-order valence-electron chi connectivity index (χ2n) is 3.03. The van der Waals surface area contributed by atoms with Crippen LogP contribution >= 0.6 is 15.9 Å². The van der Waals surface area contributed by atoms with Gasteiger partial charge >= 0.3 is 0 Å². The van der Waals surface area contributed by atoms with Crippen LogP contribution in [0.1, 0.15) is 10.5 Å². The van der Waals surface area contributed by atoms with Crippen LogP contribution in [0, 0.1) is 0 Å². The number of hydrogen-bond donors (Lipinski definition) is 1. The summed E-state index contributed by atoms with van der Waals surface area (Å²) in [7, 11) is 1.57. The molecule has 2 aromatic rings. The third-order valence-electron chi connectivity index (χ3n) is 2.00. The molecule has 0 bridgehead atoms.